The highest BCUT2D eigenvalue weighted by molar-refractivity contribution is 6.36. The van der Waals surface area contributed by atoms with Gasteiger partial charge in [0, 0.05) is 13.5 Å². The largest absolute Gasteiger partial charge is 0.477 e. The zero-order chi connectivity index (χ0) is 12.3. The lowest BCUT2D eigenvalue weighted by molar-refractivity contribution is -0.143. The van der Waals surface area contributed by atoms with Gasteiger partial charge in [-0.15, -0.1) is 0 Å². The van der Waals surface area contributed by atoms with Crippen molar-refractivity contribution in [1.82, 2.24) is 4.90 Å². The average Bonchev–Trinajstić information content (AvgIpc) is 2.75. The molecule has 0 fully saturated rings. The van der Waals surface area contributed by atoms with Gasteiger partial charge in [0.15, 0.2) is 5.71 Å². The van der Waals surface area contributed by atoms with Crippen molar-refractivity contribution in [1.29, 1.82) is 0 Å². The van der Waals surface area contributed by atoms with Gasteiger partial charge in [0.25, 0.3) is 5.91 Å². The van der Waals surface area contributed by atoms with Crippen LogP contribution in [-0.2, 0) is 14.4 Å². The molecule has 0 aliphatic carbocycles. The normalized spacial score (nSPS) is 20.9. The Balaban J connectivity index is 2.56. The lowest BCUT2D eigenvalue weighted by Crippen LogP contribution is -2.43. The summed E-state index contributed by atoms with van der Waals surface area (Å²) in [5.74, 6) is -1.57. The number of hydrogen-bond donors (Lipinski definition) is 2. The summed E-state index contributed by atoms with van der Waals surface area (Å²) in [5, 5.41) is 20.8. The molecule has 2 unspecified atom stereocenters. The summed E-state index contributed by atoms with van der Waals surface area (Å²) < 4.78 is 0. The molecule has 1 aliphatic rings. The van der Waals surface area contributed by atoms with Crippen LogP contribution in [0, 0.1) is 0 Å². The van der Waals surface area contributed by atoms with Crippen LogP contribution in [0.15, 0.2) is 5.16 Å². The van der Waals surface area contributed by atoms with Gasteiger partial charge in [-0.25, -0.2) is 4.79 Å². The molecule has 7 heteroatoms. The molecular weight excluding hydrogens is 216 g/mol. The summed E-state index contributed by atoms with van der Waals surface area (Å²) in [6.45, 7) is 1.51. The number of aliphatic carboxylic acids is 1. The number of carboxylic acids is 1. The molecule has 0 aromatic heterocycles. The molecule has 0 aromatic carbocycles. The fourth-order valence-corrected chi connectivity index (χ4v) is 1.20. The van der Waals surface area contributed by atoms with Crippen LogP contribution in [0.1, 0.15) is 13.3 Å². The molecule has 1 amide bonds. The zero-order valence-electron chi connectivity index (χ0n) is 9.08. The Morgan fingerprint density at radius 1 is 1.69 bits per heavy atom. The number of oxime groups is 1. The Kier molecular flexibility index (Phi) is 3.83. The summed E-state index contributed by atoms with van der Waals surface area (Å²) in [4.78, 5) is 28.3. The van der Waals surface area contributed by atoms with Crippen molar-refractivity contribution in [3.63, 3.8) is 0 Å². The van der Waals surface area contributed by atoms with Gasteiger partial charge in [-0.3, -0.25) is 4.79 Å². The number of hydrogen-bond acceptors (Lipinski definition) is 5. The Morgan fingerprint density at radius 2 is 2.31 bits per heavy atom. The maximum atomic E-state index is 11.7. The van der Waals surface area contributed by atoms with E-state index in [0.29, 0.717) is 0 Å². The second-order valence-corrected chi connectivity index (χ2v) is 3.62. The van der Waals surface area contributed by atoms with Crippen molar-refractivity contribution in [3.8, 4) is 0 Å². The third-order valence-corrected chi connectivity index (χ3v) is 2.46. The standard InChI is InChI=1S/C9H14N2O5/c1-5(4-12)11(2)8(13)7-3-6(9(14)15)10-16-7/h5,7,12H,3-4H2,1-2H3,(H,14,15). The van der Waals surface area contributed by atoms with Crippen LogP contribution < -0.4 is 0 Å². The molecule has 0 bridgehead atoms. The van der Waals surface area contributed by atoms with E-state index in [-0.39, 0.29) is 30.7 Å². The SMILES string of the molecule is CC(CO)N(C)C(=O)C1CC(C(=O)O)=NO1. The van der Waals surface area contributed by atoms with E-state index in [1.807, 2.05) is 0 Å². The Bertz CT molecular complexity index is 328. The molecule has 16 heavy (non-hydrogen) atoms. The molecule has 2 atom stereocenters. The molecule has 90 valence electrons. The van der Waals surface area contributed by atoms with Crippen molar-refractivity contribution < 1.29 is 24.6 Å². The van der Waals surface area contributed by atoms with Crippen molar-refractivity contribution >= 4 is 17.6 Å². The molecule has 0 radical (unpaired) electrons. The van der Waals surface area contributed by atoms with Gasteiger partial charge in [-0.05, 0) is 6.92 Å². The first-order valence-corrected chi connectivity index (χ1v) is 4.81. The zero-order valence-corrected chi connectivity index (χ0v) is 9.08. The molecule has 0 aromatic rings. The number of rotatable bonds is 4. The fourth-order valence-electron chi connectivity index (χ4n) is 1.20. The first kappa shape index (κ1) is 12.4. The summed E-state index contributed by atoms with van der Waals surface area (Å²) in [7, 11) is 1.52. The number of amides is 1. The summed E-state index contributed by atoms with van der Waals surface area (Å²) in [5.41, 5.74) is -0.164. The molecule has 0 spiro atoms. The van der Waals surface area contributed by atoms with E-state index in [1.54, 1.807) is 6.92 Å². The van der Waals surface area contributed by atoms with E-state index in [1.165, 1.54) is 11.9 Å². The van der Waals surface area contributed by atoms with Gasteiger partial charge in [0.2, 0.25) is 6.10 Å². The molecule has 0 saturated heterocycles. The summed E-state index contributed by atoms with van der Waals surface area (Å²) >= 11 is 0. The first-order valence-electron chi connectivity index (χ1n) is 4.81. The predicted octanol–water partition coefficient (Wildman–Crippen LogP) is -0.945. The number of carbonyl (C=O) groups excluding carboxylic acids is 1. The van der Waals surface area contributed by atoms with E-state index in [4.69, 9.17) is 15.1 Å². The second-order valence-electron chi connectivity index (χ2n) is 3.62. The van der Waals surface area contributed by atoms with Crippen molar-refractivity contribution in [2.24, 2.45) is 5.16 Å². The number of likely N-dealkylation sites (N-methyl/N-ethyl adjacent to an activating group) is 1. The maximum absolute atomic E-state index is 11.7. The van der Waals surface area contributed by atoms with Gasteiger partial charge in [-0.1, -0.05) is 5.16 Å². The molecule has 1 rings (SSSR count). The average molecular weight is 230 g/mol. The van der Waals surface area contributed by atoms with Crippen molar-refractivity contribution in [3.05, 3.63) is 0 Å². The van der Waals surface area contributed by atoms with Gasteiger partial charge in [0.1, 0.15) is 0 Å². The minimum Gasteiger partial charge on any atom is -0.477 e. The van der Waals surface area contributed by atoms with Gasteiger partial charge in [-0.2, -0.15) is 0 Å². The van der Waals surface area contributed by atoms with Crippen LogP contribution in [0.25, 0.3) is 0 Å². The van der Waals surface area contributed by atoms with Crippen LogP contribution in [-0.4, -0.2) is 58.5 Å². The van der Waals surface area contributed by atoms with Crippen LogP contribution in [0.4, 0.5) is 0 Å². The highest BCUT2D eigenvalue weighted by Gasteiger charge is 2.34. The Hall–Kier alpha value is -1.63. The quantitative estimate of drug-likeness (QED) is 0.649. The smallest absolute Gasteiger partial charge is 0.353 e. The van der Waals surface area contributed by atoms with Crippen LogP contribution in [0.3, 0.4) is 0 Å². The monoisotopic (exact) mass is 230 g/mol. The van der Waals surface area contributed by atoms with E-state index in [2.05, 4.69) is 5.16 Å². The molecular formula is C9H14N2O5. The molecule has 2 N–H and O–H groups in total. The molecule has 1 heterocycles. The van der Waals surface area contributed by atoms with Gasteiger partial charge < -0.3 is 20.0 Å². The van der Waals surface area contributed by atoms with E-state index in [9.17, 15) is 9.59 Å². The first-order chi connectivity index (χ1) is 7.47. The van der Waals surface area contributed by atoms with Crippen molar-refractivity contribution in [2.45, 2.75) is 25.5 Å². The number of carbonyl (C=O) groups is 2. The van der Waals surface area contributed by atoms with Gasteiger partial charge in [0.05, 0.1) is 12.6 Å². The predicted molar refractivity (Wildman–Crippen MR) is 53.9 cm³/mol. The van der Waals surface area contributed by atoms with E-state index >= 15 is 0 Å². The Labute approximate surface area is 92.3 Å². The van der Waals surface area contributed by atoms with Crippen LogP contribution >= 0.6 is 0 Å². The number of aliphatic hydroxyl groups is 1. The third kappa shape index (κ3) is 2.48. The molecule has 1 aliphatic heterocycles. The highest BCUT2D eigenvalue weighted by Crippen LogP contribution is 2.14. The van der Waals surface area contributed by atoms with E-state index in [0.717, 1.165) is 0 Å². The lowest BCUT2D eigenvalue weighted by atomic mass is 10.1. The highest BCUT2D eigenvalue weighted by atomic mass is 16.6. The third-order valence-electron chi connectivity index (χ3n) is 2.46. The molecule has 7 nitrogen and oxygen atoms in total. The number of carboxylic acid groups (broad SMARTS) is 1. The van der Waals surface area contributed by atoms with Crippen molar-refractivity contribution in [2.75, 3.05) is 13.7 Å². The Morgan fingerprint density at radius 3 is 2.75 bits per heavy atom. The maximum Gasteiger partial charge on any atom is 0.353 e. The number of aliphatic hydroxyl groups excluding tert-OH is 1. The van der Waals surface area contributed by atoms with Crippen LogP contribution in [0.2, 0.25) is 0 Å². The number of nitrogens with zero attached hydrogens (tertiary/aromatic N) is 2. The summed E-state index contributed by atoms with van der Waals surface area (Å²) in [6, 6.07) is -0.343. The topological polar surface area (TPSA) is 99.4 Å². The fraction of sp³-hybridized carbons (Fsp3) is 0.667. The summed E-state index contributed by atoms with van der Waals surface area (Å²) in [6.07, 6.45) is -0.943. The minimum atomic E-state index is -1.19. The molecule has 0 saturated carbocycles. The second kappa shape index (κ2) is 4.93. The van der Waals surface area contributed by atoms with E-state index < -0.39 is 12.1 Å². The minimum absolute atomic E-state index is 0.0450. The van der Waals surface area contributed by atoms with Crippen LogP contribution in [0.5, 0.6) is 0 Å². The van der Waals surface area contributed by atoms with Gasteiger partial charge >= 0.3 is 5.97 Å². The lowest BCUT2D eigenvalue weighted by Gasteiger charge is -2.24.